The Hall–Kier alpha value is -2.94. The number of rotatable bonds is 7. The number of aliphatic carboxylic acids is 1. The molecule has 0 spiro atoms. The van der Waals surface area contributed by atoms with E-state index >= 15 is 0 Å². The van der Waals surface area contributed by atoms with Crippen LogP contribution in [-0.2, 0) is 9.59 Å². The number of hydrogen-bond acceptors (Lipinski definition) is 5. The van der Waals surface area contributed by atoms with Gasteiger partial charge in [0, 0.05) is 0 Å². The second-order valence-electron chi connectivity index (χ2n) is 6.86. The molecule has 1 aromatic heterocycles. The van der Waals surface area contributed by atoms with Crippen molar-refractivity contribution < 1.29 is 19.8 Å². The van der Waals surface area contributed by atoms with Gasteiger partial charge < -0.3 is 20.5 Å². The molecule has 0 aliphatic heterocycles. The molecule has 3 atom stereocenters. The molecule has 4 N–H and O–H groups in total. The van der Waals surface area contributed by atoms with Gasteiger partial charge in [0.25, 0.3) is 5.56 Å². The van der Waals surface area contributed by atoms with Gasteiger partial charge in [0.05, 0.1) is 17.0 Å². The van der Waals surface area contributed by atoms with Crippen molar-refractivity contribution in [2.24, 2.45) is 5.92 Å². The quantitative estimate of drug-likeness (QED) is 0.544. The molecule has 0 aliphatic carbocycles. The van der Waals surface area contributed by atoms with E-state index in [4.69, 9.17) is 5.11 Å². The number of carboxylic acids is 1. The second kappa shape index (κ2) is 8.17. The lowest BCUT2D eigenvalue weighted by Crippen LogP contribution is -2.52. The summed E-state index contributed by atoms with van der Waals surface area (Å²) in [6.45, 7) is 4.85. The first kappa shape index (κ1) is 20.4. The molecule has 2 aromatic rings. The van der Waals surface area contributed by atoms with Crippen LogP contribution in [0.25, 0.3) is 10.9 Å². The number of hydrogen-bond donors (Lipinski definition) is 4. The van der Waals surface area contributed by atoms with Gasteiger partial charge in [-0.15, -0.1) is 0 Å². The molecule has 0 aliphatic rings. The number of aliphatic hydroxyl groups is 1. The number of aliphatic hydroxyl groups excluding tert-OH is 1. The van der Waals surface area contributed by atoms with Crippen molar-refractivity contribution in [3.63, 3.8) is 0 Å². The number of carbonyl (C=O) groups excluding carboxylic acids is 1. The fraction of sp³-hybridized carbons (Fsp3) is 0.444. The number of nitrogens with zero attached hydrogens (tertiary/aromatic N) is 1. The summed E-state index contributed by atoms with van der Waals surface area (Å²) in [5.74, 6) is -2.30. The van der Waals surface area contributed by atoms with Crippen LogP contribution in [0.15, 0.2) is 33.9 Å². The average Bonchev–Trinajstić information content (AvgIpc) is 2.57. The van der Waals surface area contributed by atoms with Crippen molar-refractivity contribution in [3.05, 3.63) is 45.1 Å². The van der Waals surface area contributed by atoms with Gasteiger partial charge in [-0.25, -0.2) is 14.2 Å². The Morgan fingerprint density at radius 2 is 1.81 bits per heavy atom. The molecule has 1 amide bonds. The molecule has 1 aromatic carbocycles. The Morgan fingerprint density at radius 1 is 1.19 bits per heavy atom. The zero-order chi connectivity index (χ0) is 20.3. The van der Waals surface area contributed by atoms with Crippen LogP contribution in [0.3, 0.4) is 0 Å². The van der Waals surface area contributed by atoms with E-state index < -0.39 is 41.3 Å². The van der Waals surface area contributed by atoms with Gasteiger partial charge in [-0.05, 0) is 31.4 Å². The summed E-state index contributed by atoms with van der Waals surface area (Å²) in [4.78, 5) is 51.9. The van der Waals surface area contributed by atoms with Gasteiger partial charge in [-0.2, -0.15) is 0 Å². The molecule has 27 heavy (non-hydrogen) atoms. The maximum atomic E-state index is 12.8. The maximum absolute atomic E-state index is 12.8. The van der Waals surface area contributed by atoms with Crippen molar-refractivity contribution in [2.75, 3.05) is 0 Å². The smallest absolute Gasteiger partial charge is 0.329 e. The summed E-state index contributed by atoms with van der Waals surface area (Å²) in [6.07, 6.45) is -1.21. The van der Waals surface area contributed by atoms with Crippen molar-refractivity contribution in [3.8, 4) is 0 Å². The molecule has 0 radical (unpaired) electrons. The van der Waals surface area contributed by atoms with E-state index in [0.717, 1.165) is 4.57 Å². The van der Waals surface area contributed by atoms with Crippen molar-refractivity contribution in [1.29, 1.82) is 0 Å². The highest BCUT2D eigenvalue weighted by Crippen LogP contribution is 2.16. The SMILES string of the molecule is CC(C)C[C@@H](C(=O)N[C@H](C(=O)O)[C@H](C)O)n1c(=O)[nH]c2ccccc2c1=O. The standard InChI is InChI=1S/C18H23N3O6/c1-9(2)8-13(15(23)20-14(10(3)22)17(25)26)21-16(24)11-6-4-5-7-12(11)19-18(21)27/h4-7,9-10,13-14,22H,8H2,1-3H3,(H,19,27)(H,20,23)(H,25,26)/t10-,13-,14-/m0/s1. The van der Waals surface area contributed by atoms with E-state index in [9.17, 15) is 24.3 Å². The molecule has 0 bridgehead atoms. The summed E-state index contributed by atoms with van der Waals surface area (Å²) in [6, 6.07) is 3.64. The number of para-hydroxylation sites is 1. The van der Waals surface area contributed by atoms with E-state index in [0.29, 0.717) is 5.52 Å². The van der Waals surface area contributed by atoms with Crippen LogP contribution in [0, 0.1) is 5.92 Å². The van der Waals surface area contributed by atoms with Gasteiger partial charge >= 0.3 is 11.7 Å². The number of aromatic amines is 1. The van der Waals surface area contributed by atoms with Crippen LogP contribution < -0.4 is 16.6 Å². The fourth-order valence-corrected chi connectivity index (χ4v) is 2.87. The third-order valence-corrected chi connectivity index (χ3v) is 4.19. The third-order valence-electron chi connectivity index (χ3n) is 4.19. The molecule has 2 rings (SSSR count). The lowest BCUT2D eigenvalue weighted by atomic mass is 10.0. The Balaban J connectivity index is 2.56. The summed E-state index contributed by atoms with van der Waals surface area (Å²) in [5.41, 5.74) is -1.05. The maximum Gasteiger partial charge on any atom is 0.329 e. The molecule has 146 valence electrons. The van der Waals surface area contributed by atoms with Crippen molar-refractivity contribution in [1.82, 2.24) is 14.9 Å². The number of amides is 1. The minimum atomic E-state index is -1.55. The highest BCUT2D eigenvalue weighted by Gasteiger charge is 2.31. The monoisotopic (exact) mass is 377 g/mol. The van der Waals surface area contributed by atoms with Crippen molar-refractivity contribution >= 4 is 22.8 Å². The Morgan fingerprint density at radius 3 is 2.37 bits per heavy atom. The number of aromatic nitrogens is 2. The zero-order valence-corrected chi connectivity index (χ0v) is 15.3. The first-order valence-corrected chi connectivity index (χ1v) is 8.58. The first-order chi connectivity index (χ1) is 12.6. The molecule has 1 heterocycles. The average molecular weight is 377 g/mol. The van der Waals surface area contributed by atoms with Crippen LogP contribution in [0.4, 0.5) is 0 Å². The van der Waals surface area contributed by atoms with E-state index in [-0.39, 0.29) is 17.7 Å². The predicted molar refractivity (Wildman–Crippen MR) is 98.6 cm³/mol. The summed E-state index contributed by atoms with van der Waals surface area (Å²) >= 11 is 0. The highest BCUT2D eigenvalue weighted by atomic mass is 16.4. The molecular weight excluding hydrogens is 354 g/mol. The minimum absolute atomic E-state index is 0.0617. The number of H-pyrrole nitrogens is 1. The molecule has 0 unspecified atom stereocenters. The molecule has 9 heteroatoms. The number of benzene rings is 1. The van der Waals surface area contributed by atoms with Gasteiger partial charge in [-0.3, -0.25) is 9.59 Å². The van der Waals surface area contributed by atoms with Gasteiger partial charge in [-0.1, -0.05) is 26.0 Å². The first-order valence-electron chi connectivity index (χ1n) is 8.58. The second-order valence-corrected chi connectivity index (χ2v) is 6.86. The molecular formula is C18H23N3O6. The van der Waals surface area contributed by atoms with Crippen LogP contribution in [0.5, 0.6) is 0 Å². The van der Waals surface area contributed by atoms with Crippen molar-refractivity contribution in [2.45, 2.75) is 45.4 Å². The summed E-state index contributed by atoms with van der Waals surface area (Å²) in [7, 11) is 0. The third kappa shape index (κ3) is 4.43. The van der Waals surface area contributed by atoms with E-state index in [2.05, 4.69) is 10.3 Å². The number of carboxylic acid groups (broad SMARTS) is 1. The topological polar surface area (TPSA) is 141 Å². The molecule has 0 fully saturated rings. The van der Waals surface area contributed by atoms with Crippen LogP contribution in [0.2, 0.25) is 0 Å². The van der Waals surface area contributed by atoms with Gasteiger partial charge in [0.15, 0.2) is 6.04 Å². The zero-order valence-electron chi connectivity index (χ0n) is 15.3. The summed E-state index contributed by atoms with van der Waals surface area (Å²) in [5, 5.41) is 21.2. The van der Waals surface area contributed by atoms with Gasteiger partial charge in [0.2, 0.25) is 5.91 Å². The van der Waals surface area contributed by atoms with E-state index in [1.165, 1.54) is 13.0 Å². The Labute approximate surface area is 154 Å². The van der Waals surface area contributed by atoms with Crippen LogP contribution in [0.1, 0.15) is 33.2 Å². The number of nitrogens with one attached hydrogen (secondary N) is 2. The normalized spacial score (nSPS) is 14.7. The van der Waals surface area contributed by atoms with E-state index in [1.807, 2.05) is 13.8 Å². The number of fused-ring (bicyclic) bond motifs is 1. The lowest BCUT2D eigenvalue weighted by Gasteiger charge is -2.24. The van der Waals surface area contributed by atoms with E-state index in [1.54, 1.807) is 18.2 Å². The highest BCUT2D eigenvalue weighted by molar-refractivity contribution is 5.86. The van der Waals surface area contributed by atoms with Crippen LogP contribution >= 0.6 is 0 Å². The Kier molecular flexibility index (Phi) is 6.17. The predicted octanol–water partition coefficient (Wildman–Crippen LogP) is 0.227. The lowest BCUT2D eigenvalue weighted by molar-refractivity contribution is -0.145. The molecule has 0 saturated heterocycles. The molecule has 0 saturated carbocycles. The van der Waals surface area contributed by atoms with Crippen LogP contribution in [-0.4, -0.2) is 43.8 Å². The van der Waals surface area contributed by atoms with Gasteiger partial charge in [0.1, 0.15) is 6.04 Å². The fourth-order valence-electron chi connectivity index (χ4n) is 2.87. The molecule has 9 nitrogen and oxygen atoms in total. The summed E-state index contributed by atoms with van der Waals surface area (Å²) < 4.78 is 0.804. The Bertz CT molecular complexity index is 959. The largest absolute Gasteiger partial charge is 0.480 e. The number of carbonyl (C=O) groups is 2. The minimum Gasteiger partial charge on any atom is -0.480 e.